The molecule has 0 radical (unpaired) electrons. The molecule has 0 heterocycles. The van der Waals surface area contributed by atoms with Crippen molar-refractivity contribution in [2.24, 2.45) is 0 Å². The number of unbranched alkanes of at least 4 members (excludes halogenated alkanes) is 1. The van der Waals surface area contributed by atoms with E-state index in [-0.39, 0.29) is 0 Å². The van der Waals surface area contributed by atoms with E-state index in [0.717, 1.165) is 19.7 Å². The van der Waals surface area contributed by atoms with Crippen molar-refractivity contribution in [1.29, 1.82) is 0 Å². The summed E-state index contributed by atoms with van der Waals surface area (Å²) in [6.45, 7) is 5.02. The summed E-state index contributed by atoms with van der Waals surface area (Å²) in [7, 11) is 6.16. The molecule has 0 unspecified atom stereocenters. The van der Waals surface area contributed by atoms with E-state index < -0.39 is 0 Å². The summed E-state index contributed by atoms with van der Waals surface area (Å²) in [5.74, 6) is 0. The summed E-state index contributed by atoms with van der Waals surface area (Å²) in [5.41, 5.74) is 0. The van der Waals surface area contributed by atoms with E-state index in [1.54, 1.807) is 6.26 Å². The smallest absolute Gasteiger partial charge is 0.100 e. The zero-order valence-corrected chi connectivity index (χ0v) is 9.99. The van der Waals surface area contributed by atoms with Crippen molar-refractivity contribution in [3.05, 3.63) is 12.5 Å². The van der Waals surface area contributed by atoms with Gasteiger partial charge in [0, 0.05) is 26.3 Å². The largest absolute Gasteiger partial charge is 0.498 e. The van der Waals surface area contributed by atoms with Gasteiger partial charge in [0.1, 0.15) is 6.61 Å². The van der Waals surface area contributed by atoms with Crippen LogP contribution in [0.3, 0.4) is 0 Å². The third-order valence-electron chi connectivity index (χ3n) is 1.93. The predicted octanol–water partition coefficient (Wildman–Crippen LogP) is 1.77. The molecule has 0 aliphatic rings. The highest BCUT2D eigenvalue weighted by atomic mass is 16.5. The van der Waals surface area contributed by atoms with Crippen molar-refractivity contribution >= 4 is 0 Å². The first-order valence-electron chi connectivity index (χ1n) is 5.30. The molecule has 0 aliphatic carbocycles. The molecular weight excluding hydrogens is 176 g/mol. The van der Waals surface area contributed by atoms with Crippen LogP contribution in [0.2, 0.25) is 0 Å². The van der Waals surface area contributed by atoms with Gasteiger partial charge < -0.3 is 14.5 Å². The molecule has 0 rings (SSSR count). The van der Waals surface area contributed by atoms with Crippen molar-refractivity contribution in [1.82, 2.24) is 9.80 Å². The van der Waals surface area contributed by atoms with Crippen LogP contribution in [0, 0.1) is 0 Å². The first-order chi connectivity index (χ1) is 6.66. The summed E-state index contributed by atoms with van der Waals surface area (Å²) >= 11 is 0. The lowest BCUT2D eigenvalue weighted by Crippen LogP contribution is -2.17. The fraction of sp³-hybridized carbons (Fsp3) is 0.818. The molecule has 0 aromatic rings. The van der Waals surface area contributed by atoms with E-state index in [9.17, 15) is 0 Å². The van der Waals surface area contributed by atoms with E-state index >= 15 is 0 Å². The van der Waals surface area contributed by atoms with Gasteiger partial charge in [-0.1, -0.05) is 13.3 Å². The van der Waals surface area contributed by atoms with Crippen LogP contribution in [0.15, 0.2) is 12.5 Å². The third-order valence-corrected chi connectivity index (χ3v) is 1.93. The van der Waals surface area contributed by atoms with Gasteiger partial charge in [-0.2, -0.15) is 0 Å². The molecule has 3 nitrogen and oxygen atoms in total. The van der Waals surface area contributed by atoms with Gasteiger partial charge in [-0.15, -0.1) is 0 Å². The van der Waals surface area contributed by atoms with Crippen molar-refractivity contribution in [2.45, 2.75) is 19.8 Å². The number of likely N-dealkylation sites (N-methyl/N-ethyl adjacent to an activating group) is 1. The molecule has 3 heteroatoms. The quantitative estimate of drug-likeness (QED) is 0.439. The fourth-order valence-electron chi connectivity index (χ4n) is 0.932. The Labute approximate surface area is 88.3 Å². The number of ether oxygens (including phenoxy) is 1. The van der Waals surface area contributed by atoms with Gasteiger partial charge in [0.15, 0.2) is 0 Å². The van der Waals surface area contributed by atoms with Gasteiger partial charge in [0.2, 0.25) is 0 Å². The van der Waals surface area contributed by atoms with Crippen LogP contribution in [0.4, 0.5) is 0 Å². The summed E-state index contributed by atoms with van der Waals surface area (Å²) in [6, 6.07) is 0. The summed E-state index contributed by atoms with van der Waals surface area (Å²) in [5, 5.41) is 0. The van der Waals surface area contributed by atoms with Gasteiger partial charge in [-0.3, -0.25) is 0 Å². The van der Waals surface area contributed by atoms with Crippen LogP contribution < -0.4 is 0 Å². The van der Waals surface area contributed by atoms with E-state index in [2.05, 4.69) is 23.8 Å². The number of rotatable bonds is 8. The Morgan fingerprint density at radius 1 is 1.14 bits per heavy atom. The number of hydrogen-bond donors (Lipinski definition) is 0. The van der Waals surface area contributed by atoms with E-state index in [4.69, 9.17) is 4.74 Å². The number of nitrogens with zero attached hydrogens (tertiary/aromatic N) is 2. The normalized spacial score (nSPS) is 11.2. The van der Waals surface area contributed by atoms with Crippen LogP contribution in [0.5, 0.6) is 0 Å². The monoisotopic (exact) mass is 200 g/mol. The Morgan fingerprint density at radius 2 is 1.86 bits per heavy atom. The van der Waals surface area contributed by atoms with E-state index in [1.165, 1.54) is 12.8 Å². The SMILES string of the molecule is CCCCN(C)C=COCCN(C)C. The first-order valence-corrected chi connectivity index (χ1v) is 5.30. The fourth-order valence-corrected chi connectivity index (χ4v) is 0.932. The van der Waals surface area contributed by atoms with Crippen molar-refractivity contribution in [3.8, 4) is 0 Å². The summed E-state index contributed by atoms with van der Waals surface area (Å²) < 4.78 is 5.33. The molecule has 0 aromatic carbocycles. The molecule has 84 valence electrons. The highest BCUT2D eigenvalue weighted by Gasteiger charge is 1.90. The van der Waals surface area contributed by atoms with Crippen LogP contribution in [-0.2, 0) is 4.74 Å². The van der Waals surface area contributed by atoms with Crippen molar-refractivity contribution in [2.75, 3.05) is 40.8 Å². The third kappa shape index (κ3) is 9.39. The molecule has 0 N–H and O–H groups in total. The Kier molecular flexibility index (Phi) is 8.43. The molecule has 0 aliphatic heterocycles. The second kappa shape index (κ2) is 8.88. The number of hydrogen-bond acceptors (Lipinski definition) is 3. The molecule has 0 fully saturated rings. The van der Waals surface area contributed by atoms with Crippen LogP contribution in [0.1, 0.15) is 19.8 Å². The van der Waals surface area contributed by atoms with Crippen molar-refractivity contribution < 1.29 is 4.74 Å². The molecule has 0 saturated heterocycles. The minimum atomic E-state index is 0.755. The standard InChI is InChI=1S/C11H24N2O/c1-5-6-7-13(4)9-11-14-10-8-12(2)3/h9,11H,5-8,10H2,1-4H3. The topological polar surface area (TPSA) is 15.7 Å². The highest BCUT2D eigenvalue weighted by Crippen LogP contribution is 1.92. The maximum Gasteiger partial charge on any atom is 0.100 e. The Bertz CT molecular complexity index is 146. The molecule has 0 spiro atoms. The lowest BCUT2D eigenvalue weighted by Gasteiger charge is -2.13. The van der Waals surface area contributed by atoms with E-state index in [1.807, 2.05) is 20.3 Å². The lowest BCUT2D eigenvalue weighted by atomic mass is 10.3. The molecule has 14 heavy (non-hydrogen) atoms. The molecular formula is C11H24N2O. The Morgan fingerprint density at radius 3 is 2.43 bits per heavy atom. The zero-order valence-electron chi connectivity index (χ0n) is 9.99. The van der Waals surface area contributed by atoms with Gasteiger partial charge in [-0.25, -0.2) is 0 Å². The summed E-state index contributed by atoms with van der Waals surface area (Å²) in [4.78, 5) is 4.26. The minimum Gasteiger partial charge on any atom is -0.498 e. The Hall–Kier alpha value is -0.700. The van der Waals surface area contributed by atoms with Crippen LogP contribution >= 0.6 is 0 Å². The van der Waals surface area contributed by atoms with Gasteiger partial charge >= 0.3 is 0 Å². The first kappa shape index (κ1) is 13.3. The zero-order chi connectivity index (χ0) is 10.8. The second-order valence-electron chi connectivity index (χ2n) is 3.79. The predicted molar refractivity (Wildman–Crippen MR) is 61.2 cm³/mol. The highest BCUT2D eigenvalue weighted by molar-refractivity contribution is 4.72. The van der Waals surface area contributed by atoms with Gasteiger partial charge in [0.25, 0.3) is 0 Å². The van der Waals surface area contributed by atoms with Gasteiger partial charge in [-0.05, 0) is 20.5 Å². The molecule has 0 atom stereocenters. The maximum absolute atomic E-state index is 5.33. The molecule has 0 bridgehead atoms. The molecule has 0 aromatic heterocycles. The summed E-state index contributed by atoms with van der Waals surface area (Å²) in [6.07, 6.45) is 6.24. The van der Waals surface area contributed by atoms with Crippen molar-refractivity contribution in [3.63, 3.8) is 0 Å². The average molecular weight is 200 g/mol. The lowest BCUT2D eigenvalue weighted by molar-refractivity contribution is 0.207. The van der Waals surface area contributed by atoms with Crippen LogP contribution in [-0.4, -0.2) is 50.6 Å². The second-order valence-corrected chi connectivity index (χ2v) is 3.79. The van der Waals surface area contributed by atoms with Gasteiger partial charge in [0.05, 0.1) is 6.26 Å². The molecule has 0 amide bonds. The average Bonchev–Trinajstić information content (AvgIpc) is 2.13. The maximum atomic E-state index is 5.33. The van der Waals surface area contributed by atoms with E-state index in [0.29, 0.717) is 0 Å². The minimum absolute atomic E-state index is 0.755. The molecule has 0 saturated carbocycles. The van der Waals surface area contributed by atoms with Crippen LogP contribution in [0.25, 0.3) is 0 Å². The Balaban J connectivity index is 3.32.